The van der Waals surface area contributed by atoms with Gasteiger partial charge in [-0.05, 0) is 29.8 Å². The van der Waals surface area contributed by atoms with E-state index in [2.05, 4.69) is 34.2 Å². The minimum Gasteiger partial charge on any atom is -0.497 e. The summed E-state index contributed by atoms with van der Waals surface area (Å²) in [6.07, 6.45) is 0. The van der Waals surface area contributed by atoms with E-state index in [1.54, 1.807) is 7.11 Å². The highest BCUT2D eigenvalue weighted by atomic mass is 16.5. The molecule has 0 spiro atoms. The summed E-state index contributed by atoms with van der Waals surface area (Å²) in [5, 5.41) is 0. The normalized spacial score (nSPS) is 14.4. The first-order valence-corrected chi connectivity index (χ1v) is 6.34. The monoisotopic (exact) mass is 252 g/mol. The van der Waals surface area contributed by atoms with Crippen molar-refractivity contribution < 1.29 is 4.74 Å². The fourth-order valence-corrected chi connectivity index (χ4v) is 2.23. The van der Waals surface area contributed by atoms with E-state index < -0.39 is 0 Å². The molecule has 0 unspecified atom stereocenters. The average molecular weight is 252 g/mol. The van der Waals surface area contributed by atoms with Crippen LogP contribution in [-0.2, 0) is 0 Å². The van der Waals surface area contributed by atoms with Crippen LogP contribution in [0.3, 0.4) is 0 Å². The van der Waals surface area contributed by atoms with E-state index in [-0.39, 0.29) is 0 Å². The van der Waals surface area contributed by atoms with Gasteiger partial charge in [0.2, 0.25) is 0 Å². The summed E-state index contributed by atoms with van der Waals surface area (Å²) >= 11 is 0. The smallest absolute Gasteiger partial charge is 0.119 e. The molecule has 0 bridgehead atoms. The molecule has 19 heavy (non-hydrogen) atoms. The SMILES string of the molecule is COc1ccc(N2CN=C(c3ccccc3)C2)cc1. The number of anilines is 1. The van der Waals surface area contributed by atoms with Gasteiger partial charge in [-0.15, -0.1) is 0 Å². The topological polar surface area (TPSA) is 24.8 Å². The molecule has 1 aliphatic rings. The second kappa shape index (κ2) is 5.14. The molecule has 0 atom stereocenters. The van der Waals surface area contributed by atoms with Crippen LogP contribution >= 0.6 is 0 Å². The molecule has 96 valence electrons. The lowest BCUT2D eigenvalue weighted by atomic mass is 10.1. The highest BCUT2D eigenvalue weighted by Gasteiger charge is 2.17. The van der Waals surface area contributed by atoms with Crippen LogP contribution in [0.15, 0.2) is 59.6 Å². The number of rotatable bonds is 3. The number of nitrogens with zero attached hydrogens (tertiary/aromatic N) is 2. The van der Waals surface area contributed by atoms with Gasteiger partial charge in [0.15, 0.2) is 0 Å². The number of benzene rings is 2. The zero-order valence-electron chi connectivity index (χ0n) is 10.9. The minimum absolute atomic E-state index is 0.719. The molecule has 0 saturated carbocycles. The lowest BCUT2D eigenvalue weighted by Gasteiger charge is -2.17. The molecule has 0 N–H and O–H groups in total. The van der Waals surface area contributed by atoms with Gasteiger partial charge in [0, 0.05) is 5.69 Å². The molecule has 3 rings (SSSR count). The van der Waals surface area contributed by atoms with E-state index in [1.807, 2.05) is 30.3 Å². The third kappa shape index (κ3) is 2.45. The van der Waals surface area contributed by atoms with Gasteiger partial charge in [-0.1, -0.05) is 30.3 Å². The van der Waals surface area contributed by atoms with Gasteiger partial charge in [0.1, 0.15) is 12.4 Å². The first kappa shape index (κ1) is 11.8. The zero-order chi connectivity index (χ0) is 13.1. The highest BCUT2D eigenvalue weighted by molar-refractivity contribution is 6.05. The summed E-state index contributed by atoms with van der Waals surface area (Å²) in [4.78, 5) is 6.87. The minimum atomic E-state index is 0.719. The van der Waals surface area contributed by atoms with Crippen LogP contribution in [0.2, 0.25) is 0 Å². The van der Waals surface area contributed by atoms with Crippen LogP contribution < -0.4 is 9.64 Å². The van der Waals surface area contributed by atoms with Gasteiger partial charge >= 0.3 is 0 Å². The molecule has 3 nitrogen and oxygen atoms in total. The number of methoxy groups -OCH3 is 1. The van der Waals surface area contributed by atoms with Crippen molar-refractivity contribution >= 4 is 11.4 Å². The third-order valence-electron chi connectivity index (χ3n) is 3.32. The molecule has 2 aromatic rings. The van der Waals surface area contributed by atoms with E-state index in [0.29, 0.717) is 0 Å². The van der Waals surface area contributed by atoms with E-state index in [4.69, 9.17) is 4.74 Å². The third-order valence-corrected chi connectivity index (χ3v) is 3.32. The maximum absolute atomic E-state index is 5.18. The van der Waals surface area contributed by atoms with Crippen molar-refractivity contribution in [2.75, 3.05) is 25.2 Å². The molecule has 0 aromatic heterocycles. The van der Waals surface area contributed by atoms with Crippen LogP contribution in [0.1, 0.15) is 5.56 Å². The van der Waals surface area contributed by atoms with Crippen LogP contribution in [-0.4, -0.2) is 26.0 Å². The second-order valence-electron chi connectivity index (χ2n) is 4.51. The van der Waals surface area contributed by atoms with Gasteiger partial charge in [0.05, 0.1) is 19.4 Å². The quantitative estimate of drug-likeness (QED) is 0.839. The zero-order valence-corrected chi connectivity index (χ0v) is 10.9. The van der Waals surface area contributed by atoms with Crippen molar-refractivity contribution in [1.82, 2.24) is 0 Å². The maximum Gasteiger partial charge on any atom is 0.119 e. The summed E-state index contributed by atoms with van der Waals surface area (Å²) in [6, 6.07) is 18.4. The Bertz CT molecular complexity index is 575. The predicted octanol–water partition coefficient (Wildman–Crippen LogP) is 2.96. The Balaban J connectivity index is 1.73. The van der Waals surface area contributed by atoms with Gasteiger partial charge < -0.3 is 9.64 Å². The van der Waals surface area contributed by atoms with Crippen LogP contribution in [0.5, 0.6) is 5.75 Å². The van der Waals surface area contributed by atoms with Crippen molar-refractivity contribution in [2.45, 2.75) is 0 Å². The van der Waals surface area contributed by atoms with Crippen molar-refractivity contribution in [3.05, 3.63) is 60.2 Å². The van der Waals surface area contributed by atoms with Crippen LogP contribution in [0, 0.1) is 0 Å². The van der Waals surface area contributed by atoms with Crippen molar-refractivity contribution in [3.63, 3.8) is 0 Å². The van der Waals surface area contributed by atoms with E-state index in [1.165, 1.54) is 11.3 Å². The van der Waals surface area contributed by atoms with Crippen LogP contribution in [0.4, 0.5) is 5.69 Å². The molecule has 0 amide bonds. The number of ether oxygens (including phenoxy) is 1. The standard InChI is InChI=1S/C16H16N2O/c1-19-15-9-7-14(8-10-15)18-11-16(17-12-18)13-5-3-2-4-6-13/h2-10H,11-12H2,1H3. The maximum atomic E-state index is 5.18. The Kier molecular flexibility index (Phi) is 3.19. The lowest BCUT2D eigenvalue weighted by molar-refractivity contribution is 0.415. The Labute approximate surface area is 113 Å². The van der Waals surface area contributed by atoms with Gasteiger partial charge in [-0.25, -0.2) is 0 Å². The second-order valence-corrected chi connectivity index (χ2v) is 4.51. The Morgan fingerprint density at radius 1 is 1.00 bits per heavy atom. The molecular weight excluding hydrogens is 236 g/mol. The summed E-state index contributed by atoms with van der Waals surface area (Å²) in [6.45, 7) is 1.58. The molecule has 0 aliphatic carbocycles. The van der Waals surface area contributed by atoms with Gasteiger partial charge in [0.25, 0.3) is 0 Å². The van der Waals surface area contributed by atoms with E-state index >= 15 is 0 Å². The van der Waals surface area contributed by atoms with Gasteiger partial charge in [-0.3, -0.25) is 4.99 Å². The first-order valence-electron chi connectivity index (χ1n) is 6.34. The Hall–Kier alpha value is -2.29. The van der Waals surface area contributed by atoms with Gasteiger partial charge in [-0.2, -0.15) is 0 Å². The fraction of sp³-hybridized carbons (Fsp3) is 0.188. The summed E-state index contributed by atoms with van der Waals surface area (Å²) in [7, 11) is 1.68. The molecule has 3 heteroatoms. The van der Waals surface area contributed by atoms with Crippen molar-refractivity contribution in [3.8, 4) is 5.75 Å². The Morgan fingerprint density at radius 2 is 1.74 bits per heavy atom. The number of hydrogen-bond acceptors (Lipinski definition) is 3. The lowest BCUT2D eigenvalue weighted by Crippen LogP contribution is -2.22. The number of aliphatic imine (C=N–C) groups is 1. The molecule has 0 saturated heterocycles. The van der Waals surface area contributed by atoms with Crippen molar-refractivity contribution in [2.24, 2.45) is 4.99 Å². The molecule has 1 aliphatic heterocycles. The van der Waals surface area contributed by atoms with Crippen LogP contribution in [0.25, 0.3) is 0 Å². The molecule has 0 fully saturated rings. The molecule has 0 radical (unpaired) electrons. The predicted molar refractivity (Wildman–Crippen MR) is 78.2 cm³/mol. The largest absolute Gasteiger partial charge is 0.497 e. The molecule has 1 heterocycles. The average Bonchev–Trinajstić information content (AvgIpc) is 2.98. The highest BCUT2D eigenvalue weighted by Crippen LogP contribution is 2.22. The first-order chi connectivity index (χ1) is 9.36. The molecule has 2 aromatic carbocycles. The summed E-state index contributed by atoms with van der Waals surface area (Å²) in [5.74, 6) is 0.882. The van der Waals surface area contributed by atoms with E-state index in [9.17, 15) is 0 Å². The fourth-order valence-electron chi connectivity index (χ4n) is 2.23. The van der Waals surface area contributed by atoms with E-state index in [0.717, 1.165) is 24.7 Å². The Morgan fingerprint density at radius 3 is 2.42 bits per heavy atom. The van der Waals surface area contributed by atoms with Crippen molar-refractivity contribution in [1.29, 1.82) is 0 Å². The molecular formula is C16H16N2O. The summed E-state index contributed by atoms with van der Waals surface area (Å²) in [5.41, 5.74) is 3.53. The number of hydrogen-bond donors (Lipinski definition) is 0. The summed E-state index contributed by atoms with van der Waals surface area (Å²) < 4.78 is 5.18.